The lowest BCUT2D eigenvalue weighted by atomic mass is 10.0. The van der Waals surface area contributed by atoms with Gasteiger partial charge in [0, 0.05) is 12.5 Å². The van der Waals surface area contributed by atoms with Gasteiger partial charge < -0.3 is 14.9 Å². The Labute approximate surface area is 68.0 Å². The van der Waals surface area contributed by atoms with Gasteiger partial charge in [-0.05, 0) is 6.42 Å². The summed E-state index contributed by atoms with van der Waals surface area (Å²) in [4.78, 5) is 0. The van der Waals surface area contributed by atoms with Gasteiger partial charge >= 0.3 is 5.92 Å². The molecule has 1 saturated carbocycles. The molecular formula is C7H10F2O3. The molecule has 1 aliphatic carbocycles. The van der Waals surface area contributed by atoms with E-state index < -0.39 is 30.2 Å². The zero-order valence-electron chi connectivity index (χ0n) is 6.28. The summed E-state index contributed by atoms with van der Waals surface area (Å²) in [5.74, 6) is -3.72. The molecule has 0 aromatic rings. The summed E-state index contributed by atoms with van der Waals surface area (Å²) in [6, 6.07) is 0. The van der Waals surface area contributed by atoms with Crippen LogP contribution in [0, 0.1) is 5.92 Å². The minimum absolute atomic E-state index is 0.178. The predicted octanol–water partition coefficient (Wildman–Crippen LogP) is -0.238. The van der Waals surface area contributed by atoms with Crippen LogP contribution in [-0.4, -0.2) is 41.1 Å². The summed E-state index contributed by atoms with van der Waals surface area (Å²) in [6.07, 6.45) is -3.11. The highest BCUT2D eigenvalue weighted by Gasteiger charge is 2.72. The van der Waals surface area contributed by atoms with E-state index in [2.05, 4.69) is 4.74 Å². The molecule has 0 aromatic heterocycles. The summed E-state index contributed by atoms with van der Waals surface area (Å²) in [7, 11) is 0. The van der Waals surface area contributed by atoms with E-state index >= 15 is 0 Å². The number of hydrogen-bond donors (Lipinski definition) is 2. The molecule has 1 saturated heterocycles. The Morgan fingerprint density at radius 2 is 2.08 bits per heavy atom. The Hall–Kier alpha value is -0.260. The van der Waals surface area contributed by atoms with Gasteiger partial charge in [0.05, 0.1) is 6.10 Å². The lowest BCUT2D eigenvalue weighted by Gasteiger charge is -2.21. The number of epoxide rings is 1. The Morgan fingerprint density at radius 1 is 1.42 bits per heavy atom. The van der Waals surface area contributed by atoms with E-state index in [9.17, 15) is 8.78 Å². The average molecular weight is 180 g/mol. The van der Waals surface area contributed by atoms with Crippen molar-refractivity contribution < 1.29 is 23.7 Å². The van der Waals surface area contributed by atoms with E-state index in [-0.39, 0.29) is 13.0 Å². The Morgan fingerprint density at radius 3 is 2.50 bits per heavy atom. The molecule has 12 heavy (non-hydrogen) atoms. The van der Waals surface area contributed by atoms with Crippen LogP contribution in [0.5, 0.6) is 0 Å². The summed E-state index contributed by atoms with van der Waals surface area (Å²) < 4.78 is 30.5. The molecule has 0 unspecified atom stereocenters. The lowest BCUT2D eigenvalue weighted by molar-refractivity contribution is -0.140. The van der Waals surface area contributed by atoms with Crippen molar-refractivity contribution in [3.63, 3.8) is 0 Å². The van der Waals surface area contributed by atoms with Crippen molar-refractivity contribution in [1.29, 1.82) is 0 Å². The number of aliphatic hydroxyl groups excluding tert-OH is 2. The Balaban J connectivity index is 2.09. The predicted molar refractivity (Wildman–Crippen MR) is 34.8 cm³/mol. The van der Waals surface area contributed by atoms with Crippen LogP contribution in [0.4, 0.5) is 8.78 Å². The van der Waals surface area contributed by atoms with Gasteiger partial charge in [-0.15, -0.1) is 0 Å². The number of alkyl halides is 2. The summed E-state index contributed by atoms with van der Waals surface area (Å²) in [5.41, 5.74) is 0. The molecule has 2 aliphatic rings. The minimum Gasteiger partial charge on any atom is -0.396 e. The van der Waals surface area contributed by atoms with Crippen molar-refractivity contribution >= 4 is 0 Å². The van der Waals surface area contributed by atoms with E-state index in [1.54, 1.807) is 0 Å². The molecule has 0 radical (unpaired) electrons. The SMILES string of the molecule is OCC[C@H]1[C@H]2O[C@H]2C(F)(F)[C@H]1O. The largest absolute Gasteiger partial charge is 0.396 e. The third-order valence-corrected chi connectivity index (χ3v) is 2.59. The van der Waals surface area contributed by atoms with Gasteiger partial charge in [0.2, 0.25) is 0 Å². The summed E-state index contributed by atoms with van der Waals surface area (Å²) >= 11 is 0. The fraction of sp³-hybridized carbons (Fsp3) is 1.00. The molecule has 5 heteroatoms. The first kappa shape index (κ1) is 8.34. The normalized spacial score (nSPS) is 49.0. The van der Waals surface area contributed by atoms with Crippen LogP contribution >= 0.6 is 0 Å². The van der Waals surface area contributed by atoms with Crippen molar-refractivity contribution in [2.45, 2.75) is 30.7 Å². The number of fused-ring (bicyclic) bond motifs is 1. The average Bonchev–Trinajstić information content (AvgIpc) is 2.74. The van der Waals surface area contributed by atoms with Crippen molar-refractivity contribution in [2.75, 3.05) is 6.61 Å². The number of rotatable bonds is 2. The number of halogens is 2. The van der Waals surface area contributed by atoms with Crippen molar-refractivity contribution in [1.82, 2.24) is 0 Å². The molecule has 3 nitrogen and oxygen atoms in total. The summed E-state index contributed by atoms with van der Waals surface area (Å²) in [6.45, 7) is -0.190. The van der Waals surface area contributed by atoms with Crippen LogP contribution in [0.1, 0.15) is 6.42 Å². The van der Waals surface area contributed by atoms with E-state index in [4.69, 9.17) is 10.2 Å². The van der Waals surface area contributed by atoms with Crippen LogP contribution in [0.2, 0.25) is 0 Å². The van der Waals surface area contributed by atoms with Gasteiger partial charge in [-0.2, -0.15) is 0 Å². The highest BCUT2D eigenvalue weighted by molar-refractivity contribution is 5.13. The number of aliphatic hydroxyl groups is 2. The quantitative estimate of drug-likeness (QED) is 0.577. The van der Waals surface area contributed by atoms with E-state index in [0.29, 0.717) is 0 Å². The smallest absolute Gasteiger partial charge is 0.301 e. The maximum Gasteiger partial charge on any atom is 0.301 e. The molecule has 0 spiro atoms. The Kier molecular flexibility index (Phi) is 1.65. The molecule has 1 heterocycles. The molecule has 4 atom stereocenters. The van der Waals surface area contributed by atoms with Crippen molar-refractivity contribution in [2.24, 2.45) is 5.92 Å². The zero-order valence-corrected chi connectivity index (χ0v) is 6.28. The van der Waals surface area contributed by atoms with Crippen molar-refractivity contribution in [3.05, 3.63) is 0 Å². The molecular weight excluding hydrogens is 170 g/mol. The maximum absolute atomic E-state index is 12.9. The third-order valence-electron chi connectivity index (χ3n) is 2.59. The second-order valence-electron chi connectivity index (χ2n) is 3.32. The van der Waals surface area contributed by atoms with Gasteiger partial charge in [0.15, 0.2) is 6.10 Å². The molecule has 70 valence electrons. The topological polar surface area (TPSA) is 53.0 Å². The highest BCUT2D eigenvalue weighted by atomic mass is 19.3. The maximum atomic E-state index is 12.9. The van der Waals surface area contributed by atoms with Crippen LogP contribution in [-0.2, 0) is 4.74 Å². The van der Waals surface area contributed by atoms with Crippen LogP contribution < -0.4 is 0 Å². The molecule has 2 N–H and O–H groups in total. The van der Waals surface area contributed by atoms with Gasteiger partial charge in [0.1, 0.15) is 6.10 Å². The highest BCUT2D eigenvalue weighted by Crippen LogP contribution is 2.53. The molecule has 1 aliphatic heterocycles. The van der Waals surface area contributed by atoms with Crippen LogP contribution in [0.25, 0.3) is 0 Å². The van der Waals surface area contributed by atoms with E-state index in [0.717, 1.165) is 0 Å². The van der Waals surface area contributed by atoms with Gasteiger partial charge in [-0.1, -0.05) is 0 Å². The minimum atomic E-state index is -3.12. The second kappa shape index (κ2) is 2.37. The third kappa shape index (κ3) is 0.901. The molecule has 2 rings (SSSR count). The zero-order chi connectivity index (χ0) is 8.93. The van der Waals surface area contributed by atoms with Crippen molar-refractivity contribution in [3.8, 4) is 0 Å². The monoisotopic (exact) mass is 180 g/mol. The first-order chi connectivity index (χ1) is 5.59. The van der Waals surface area contributed by atoms with Gasteiger partial charge in [-0.25, -0.2) is 8.78 Å². The lowest BCUT2D eigenvalue weighted by Crippen LogP contribution is -2.38. The second-order valence-corrected chi connectivity index (χ2v) is 3.32. The fourth-order valence-corrected chi connectivity index (χ4v) is 1.86. The number of ether oxygens (including phenoxy) is 1. The van der Waals surface area contributed by atoms with Gasteiger partial charge in [0.25, 0.3) is 0 Å². The standard InChI is InChI=1S/C7H10F2O3/c8-7(9)5(11)3(1-2-10)4-6(7)12-4/h3-6,10-11H,1-2H2/t3-,4+,5-,6+/m0/s1. The Bertz CT molecular complexity index is 197. The van der Waals surface area contributed by atoms with Crippen LogP contribution in [0.15, 0.2) is 0 Å². The molecule has 0 amide bonds. The van der Waals surface area contributed by atoms with E-state index in [1.165, 1.54) is 0 Å². The first-order valence-electron chi connectivity index (χ1n) is 3.91. The molecule has 0 bridgehead atoms. The van der Waals surface area contributed by atoms with Crippen LogP contribution in [0.3, 0.4) is 0 Å². The molecule has 2 fully saturated rings. The summed E-state index contributed by atoms with van der Waals surface area (Å²) in [5, 5.41) is 17.6. The first-order valence-corrected chi connectivity index (χ1v) is 3.91. The fourth-order valence-electron chi connectivity index (χ4n) is 1.86. The van der Waals surface area contributed by atoms with Gasteiger partial charge in [-0.3, -0.25) is 0 Å². The molecule has 0 aromatic carbocycles. The van der Waals surface area contributed by atoms with E-state index in [1.807, 2.05) is 0 Å². The number of hydrogen-bond acceptors (Lipinski definition) is 3.